The third kappa shape index (κ3) is 1.91. The predicted molar refractivity (Wildman–Crippen MR) is 73.8 cm³/mol. The second kappa shape index (κ2) is 4.77. The number of rotatable bonds is 1. The molecule has 0 bridgehead atoms. The van der Waals surface area contributed by atoms with E-state index in [-0.39, 0.29) is 0 Å². The molecule has 0 heterocycles. The van der Waals surface area contributed by atoms with Gasteiger partial charge in [0.25, 0.3) is 0 Å². The van der Waals surface area contributed by atoms with E-state index in [2.05, 4.69) is 42.9 Å². The number of hydrogen-bond acceptors (Lipinski definition) is 0. The Hall–Kier alpha value is -2.18. The zero-order valence-electron chi connectivity index (χ0n) is 10.2. The van der Waals surface area contributed by atoms with Gasteiger partial charge in [-0.3, -0.25) is 0 Å². The van der Waals surface area contributed by atoms with E-state index in [1.54, 1.807) is 0 Å². The van der Waals surface area contributed by atoms with Gasteiger partial charge in [-0.2, -0.15) is 0 Å². The molecule has 2 aromatic rings. The standard InChI is InChI=1S/C17H14/c1-4-9-13-12-14-10-7-8-11-17(14)16(6-3)15(13)5-2/h2,7-8,10-12H,6H2,1,3H3. The van der Waals surface area contributed by atoms with Crippen molar-refractivity contribution in [2.75, 3.05) is 0 Å². The number of fused-ring (bicyclic) bond motifs is 1. The van der Waals surface area contributed by atoms with Gasteiger partial charge in [0.05, 0.1) is 0 Å². The van der Waals surface area contributed by atoms with E-state index < -0.39 is 0 Å². The van der Waals surface area contributed by atoms with Crippen molar-refractivity contribution in [2.45, 2.75) is 20.3 Å². The number of aryl methyl sites for hydroxylation is 1. The summed E-state index contributed by atoms with van der Waals surface area (Å²) in [6, 6.07) is 10.4. The van der Waals surface area contributed by atoms with Crippen molar-refractivity contribution in [3.8, 4) is 24.2 Å². The molecular formula is C17H14. The van der Waals surface area contributed by atoms with Gasteiger partial charge in [-0.25, -0.2) is 0 Å². The molecule has 0 spiro atoms. The van der Waals surface area contributed by atoms with Gasteiger partial charge in [0.1, 0.15) is 0 Å². The highest BCUT2D eigenvalue weighted by atomic mass is 14.1. The lowest BCUT2D eigenvalue weighted by Gasteiger charge is -2.10. The molecule has 0 unspecified atom stereocenters. The fourth-order valence-electron chi connectivity index (χ4n) is 2.19. The Bertz CT molecular complexity index is 658. The lowest BCUT2D eigenvalue weighted by Crippen LogP contribution is -1.94. The summed E-state index contributed by atoms with van der Waals surface area (Å²) < 4.78 is 0. The first-order valence-corrected chi connectivity index (χ1v) is 5.75. The zero-order chi connectivity index (χ0) is 12.3. The molecule has 2 rings (SSSR count). The van der Waals surface area contributed by atoms with Crippen LogP contribution in [0.2, 0.25) is 0 Å². The van der Waals surface area contributed by atoms with Crippen LogP contribution in [0.3, 0.4) is 0 Å². The molecule has 0 saturated heterocycles. The smallest absolute Gasteiger partial charge is 0.0437 e. The highest BCUT2D eigenvalue weighted by Gasteiger charge is 2.08. The molecular weight excluding hydrogens is 204 g/mol. The van der Waals surface area contributed by atoms with Crippen molar-refractivity contribution in [3.63, 3.8) is 0 Å². The largest absolute Gasteiger partial charge is 0.115 e. The average Bonchev–Trinajstić information content (AvgIpc) is 2.37. The minimum absolute atomic E-state index is 0.930. The van der Waals surface area contributed by atoms with E-state index in [1.807, 2.05) is 19.1 Å². The molecule has 0 nitrogen and oxygen atoms in total. The van der Waals surface area contributed by atoms with Gasteiger partial charge in [-0.05, 0) is 35.7 Å². The van der Waals surface area contributed by atoms with E-state index in [1.165, 1.54) is 16.3 Å². The maximum atomic E-state index is 5.63. The number of terminal acetylenes is 1. The number of benzene rings is 2. The second-order valence-electron chi connectivity index (χ2n) is 3.87. The minimum Gasteiger partial charge on any atom is -0.115 e. The fraction of sp³-hybridized carbons (Fsp3) is 0.176. The molecule has 0 saturated carbocycles. The zero-order valence-corrected chi connectivity index (χ0v) is 10.2. The molecule has 2 aromatic carbocycles. The highest BCUT2D eigenvalue weighted by Crippen LogP contribution is 2.25. The molecule has 0 fully saturated rings. The second-order valence-corrected chi connectivity index (χ2v) is 3.87. The van der Waals surface area contributed by atoms with Gasteiger partial charge in [0, 0.05) is 11.1 Å². The van der Waals surface area contributed by atoms with Crippen LogP contribution in [0.5, 0.6) is 0 Å². The maximum Gasteiger partial charge on any atom is 0.0437 e. The predicted octanol–water partition coefficient (Wildman–Crippen LogP) is 3.75. The van der Waals surface area contributed by atoms with Crippen molar-refractivity contribution in [1.29, 1.82) is 0 Å². The van der Waals surface area contributed by atoms with Crippen LogP contribution in [-0.2, 0) is 6.42 Å². The van der Waals surface area contributed by atoms with Crippen LogP contribution >= 0.6 is 0 Å². The molecule has 0 atom stereocenters. The van der Waals surface area contributed by atoms with Crippen LogP contribution in [0, 0.1) is 24.2 Å². The van der Waals surface area contributed by atoms with Crippen molar-refractivity contribution in [2.24, 2.45) is 0 Å². The van der Waals surface area contributed by atoms with Crippen molar-refractivity contribution in [1.82, 2.24) is 0 Å². The van der Waals surface area contributed by atoms with E-state index in [0.717, 1.165) is 17.5 Å². The fourth-order valence-corrected chi connectivity index (χ4v) is 2.19. The van der Waals surface area contributed by atoms with Crippen molar-refractivity contribution < 1.29 is 0 Å². The molecule has 0 aliphatic carbocycles. The van der Waals surface area contributed by atoms with E-state index >= 15 is 0 Å². The van der Waals surface area contributed by atoms with Gasteiger partial charge in [-0.15, -0.1) is 12.3 Å². The van der Waals surface area contributed by atoms with Crippen LogP contribution in [0.25, 0.3) is 10.8 Å². The molecule has 0 aromatic heterocycles. The van der Waals surface area contributed by atoms with Crippen LogP contribution < -0.4 is 0 Å². The van der Waals surface area contributed by atoms with Crippen molar-refractivity contribution >= 4 is 10.8 Å². The normalized spacial score (nSPS) is 9.47. The van der Waals surface area contributed by atoms with Gasteiger partial charge >= 0.3 is 0 Å². The Morgan fingerprint density at radius 1 is 1.24 bits per heavy atom. The third-order valence-corrected chi connectivity index (χ3v) is 2.91. The van der Waals surface area contributed by atoms with Crippen LogP contribution in [-0.4, -0.2) is 0 Å². The summed E-state index contributed by atoms with van der Waals surface area (Å²) in [5, 5.41) is 2.45. The first-order valence-electron chi connectivity index (χ1n) is 5.75. The monoisotopic (exact) mass is 218 g/mol. The lowest BCUT2D eigenvalue weighted by atomic mass is 9.93. The highest BCUT2D eigenvalue weighted by molar-refractivity contribution is 5.89. The Morgan fingerprint density at radius 2 is 2.00 bits per heavy atom. The molecule has 0 amide bonds. The Balaban J connectivity index is 2.93. The summed E-state index contributed by atoms with van der Waals surface area (Å²) in [6.07, 6.45) is 6.56. The molecule has 0 heteroatoms. The number of hydrogen-bond donors (Lipinski definition) is 0. The van der Waals surface area contributed by atoms with E-state index in [9.17, 15) is 0 Å². The van der Waals surface area contributed by atoms with Gasteiger partial charge < -0.3 is 0 Å². The summed E-state index contributed by atoms with van der Waals surface area (Å²) in [5.41, 5.74) is 3.13. The molecule has 82 valence electrons. The van der Waals surface area contributed by atoms with Crippen molar-refractivity contribution in [3.05, 3.63) is 47.0 Å². The quantitative estimate of drug-likeness (QED) is 0.639. The summed E-state index contributed by atoms with van der Waals surface area (Å²) in [4.78, 5) is 0. The van der Waals surface area contributed by atoms with Gasteiger partial charge in [0.15, 0.2) is 0 Å². The van der Waals surface area contributed by atoms with Gasteiger partial charge in [0.2, 0.25) is 0 Å². The lowest BCUT2D eigenvalue weighted by molar-refractivity contribution is 1.15. The molecule has 0 aliphatic rings. The van der Waals surface area contributed by atoms with Gasteiger partial charge in [-0.1, -0.05) is 43.0 Å². The molecule has 0 radical (unpaired) electrons. The average molecular weight is 218 g/mol. The SMILES string of the molecule is C#Cc1c(C#CC)cc2ccccc2c1CC. The molecule has 0 N–H and O–H groups in total. The van der Waals surface area contributed by atoms with Crippen LogP contribution in [0.1, 0.15) is 30.5 Å². The Labute approximate surface area is 103 Å². The minimum atomic E-state index is 0.930. The molecule has 17 heavy (non-hydrogen) atoms. The summed E-state index contributed by atoms with van der Waals surface area (Å²) in [6.45, 7) is 3.97. The summed E-state index contributed by atoms with van der Waals surface area (Å²) >= 11 is 0. The third-order valence-electron chi connectivity index (χ3n) is 2.91. The van der Waals surface area contributed by atoms with E-state index in [4.69, 9.17) is 6.42 Å². The van der Waals surface area contributed by atoms with Crippen LogP contribution in [0.4, 0.5) is 0 Å². The van der Waals surface area contributed by atoms with Crippen LogP contribution in [0.15, 0.2) is 30.3 Å². The summed E-state index contributed by atoms with van der Waals surface area (Å²) in [7, 11) is 0. The summed E-state index contributed by atoms with van der Waals surface area (Å²) in [5.74, 6) is 8.82. The van der Waals surface area contributed by atoms with E-state index in [0.29, 0.717) is 0 Å². The Kier molecular flexibility index (Phi) is 3.17. The maximum absolute atomic E-state index is 5.63. The Morgan fingerprint density at radius 3 is 2.65 bits per heavy atom. The molecule has 0 aliphatic heterocycles. The first-order chi connectivity index (χ1) is 8.31. The topological polar surface area (TPSA) is 0 Å². The first kappa shape index (κ1) is 11.3.